The van der Waals surface area contributed by atoms with Crippen LogP contribution in [0.3, 0.4) is 0 Å². The molecule has 27 heavy (non-hydrogen) atoms. The Hall–Kier alpha value is -2.53. The molecule has 0 saturated heterocycles. The molecule has 0 atom stereocenters. The highest BCUT2D eigenvalue weighted by atomic mass is 35.5. The molecule has 7 heteroatoms. The van der Waals surface area contributed by atoms with Crippen LogP contribution in [-0.4, -0.2) is 15.3 Å². The Morgan fingerprint density at radius 2 is 1.70 bits per heavy atom. The van der Waals surface area contributed by atoms with Crippen LogP contribution in [0.15, 0.2) is 67.0 Å². The summed E-state index contributed by atoms with van der Waals surface area (Å²) < 4.78 is 1.91. The Morgan fingerprint density at radius 3 is 2.44 bits per heavy atom. The summed E-state index contributed by atoms with van der Waals surface area (Å²) in [6, 6.07) is 15.9. The van der Waals surface area contributed by atoms with Crippen LogP contribution in [0.25, 0.3) is 16.9 Å². The van der Waals surface area contributed by atoms with Crippen LogP contribution in [-0.2, 0) is 0 Å². The zero-order valence-corrected chi connectivity index (χ0v) is 16.1. The van der Waals surface area contributed by atoms with E-state index in [9.17, 15) is 4.79 Å². The van der Waals surface area contributed by atoms with Gasteiger partial charge in [0, 0.05) is 21.8 Å². The molecule has 4 rings (SSSR count). The lowest BCUT2D eigenvalue weighted by molar-refractivity contribution is 0.102. The first-order valence-corrected chi connectivity index (χ1v) is 9.15. The number of benzene rings is 2. The van der Waals surface area contributed by atoms with Crippen molar-refractivity contribution >= 4 is 52.0 Å². The van der Waals surface area contributed by atoms with E-state index in [1.54, 1.807) is 24.4 Å². The van der Waals surface area contributed by atoms with Crippen LogP contribution in [0.5, 0.6) is 0 Å². The Labute approximate surface area is 170 Å². The number of carbonyl (C=O) groups excluding carboxylic acids is 1. The van der Waals surface area contributed by atoms with Gasteiger partial charge in [0.1, 0.15) is 0 Å². The van der Waals surface area contributed by atoms with Crippen molar-refractivity contribution in [3.8, 4) is 11.3 Å². The molecule has 0 radical (unpaired) electrons. The van der Waals surface area contributed by atoms with Crippen molar-refractivity contribution in [2.75, 3.05) is 5.32 Å². The molecule has 1 N–H and O–H groups in total. The number of amides is 1. The molecule has 2 heterocycles. The second-order valence-electron chi connectivity index (χ2n) is 5.84. The van der Waals surface area contributed by atoms with E-state index < -0.39 is 0 Å². The van der Waals surface area contributed by atoms with E-state index in [2.05, 4.69) is 10.3 Å². The summed E-state index contributed by atoms with van der Waals surface area (Å²) in [5, 5.41) is 4.29. The van der Waals surface area contributed by atoms with Gasteiger partial charge in [-0.2, -0.15) is 0 Å². The number of halogens is 3. The Bertz CT molecular complexity index is 1150. The Morgan fingerprint density at radius 1 is 0.963 bits per heavy atom. The summed E-state index contributed by atoms with van der Waals surface area (Å²) in [4.78, 5) is 17.1. The fourth-order valence-electron chi connectivity index (χ4n) is 2.81. The molecular formula is C20H12Cl3N3O. The van der Waals surface area contributed by atoms with Crippen molar-refractivity contribution < 1.29 is 4.79 Å². The molecule has 2 aromatic carbocycles. The zero-order valence-electron chi connectivity index (χ0n) is 13.8. The van der Waals surface area contributed by atoms with E-state index in [0.717, 1.165) is 11.3 Å². The molecule has 0 aliphatic rings. The lowest BCUT2D eigenvalue weighted by Gasteiger charge is -2.09. The third kappa shape index (κ3) is 3.52. The molecule has 0 bridgehead atoms. The van der Waals surface area contributed by atoms with E-state index in [1.807, 2.05) is 40.9 Å². The number of fused-ring (bicyclic) bond motifs is 1. The van der Waals surface area contributed by atoms with Gasteiger partial charge < -0.3 is 5.32 Å². The monoisotopic (exact) mass is 415 g/mol. The predicted molar refractivity (Wildman–Crippen MR) is 110 cm³/mol. The third-order valence-electron chi connectivity index (χ3n) is 4.10. The summed E-state index contributed by atoms with van der Waals surface area (Å²) in [7, 11) is 0. The second kappa shape index (κ2) is 7.24. The number of aromatic nitrogens is 2. The van der Waals surface area contributed by atoms with Crippen molar-refractivity contribution in [1.82, 2.24) is 9.38 Å². The molecule has 0 saturated carbocycles. The van der Waals surface area contributed by atoms with Crippen LogP contribution in [0.2, 0.25) is 15.1 Å². The van der Waals surface area contributed by atoms with Crippen molar-refractivity contribution in [3.63, 3.8) is 0 Å². The minimum Gasteiger partial charge on any atom is -0.319 e. The smallest absolute Gasteiger partial charge is 0.257 e. The molecule has 2 aromatic heterocycles. The van der Waals surface area contributed by atoms with Gasteiger partial charge in [0.25, 0.3) is 5.91 Å². The van der Waals surface area contributed by atoms with Gasteiger partial charge in [-0.1, -0.05) is 46.9 Å². The average molecular weight is 417 g/mol. The second-order valence-corrected chi connectivity index (χ2v) is 7.12. The maximum absolute atomic E-state index is 12.6. The van der Waals surface area contributed by atoms with Gasteiger partial charge in [-0.15, -0.1) is 0 Å². The molecule has 0 aliphatic heterocycles. The maximum atomic E-state index is 12.6. The van der Waals surface area contributed by atoms with Crippen LogP contribution in [0.4, 0.5) is 5.69 Å². The van der Waals surface area contributed by atoms with Crippen LogP contribution in [0.1, 0.15) is 10.4 Å². The van der Waals surface area contributed by atoms with Gasteiger partial charge in [0.2, 0.25) is 0 Å². The lowest BCUT2D eigenvalue weighted by atomic mass is 10.2. The first kappa shape index (κ1) is 17.9. The fraction of sp³-hybridized carbons (Fsp3) is 0. The van der Waals surface area contributed by atoms with E-state index in [-0.39, 0.29) is 10.9 Å². The number of nitrogens with zero attached hydrogens (tertiary/aromatic N) is 2. The number of anilines is 1. The highest BCUT2D eigenvalue weighted by molar-refractivity contribution is 6.37. The minimum atomic E-state index is -0.333. The molecule has 0 fully saturated rings. The molecule has 0 spiro atoms. The molecular weight excluding hydrogens is 405 g/mol. The van der Waals surface area contributed by atoms with Crippen molar-refractivity contribution in [2.45, 2.75) is 0 Å². The highest BCUT2D eigenvalue weighted by Crippen LogP contribution is 2.27. The van der Waals surface area contributed by atoms with Gasteiger partial charge in [0.05, 0.1) is 28.2 Å². The van der Waals surface area contributed by atoms with E-state index in [4.69, 9.17) is 34.8 Å². The summed E-state index contributed by atoms with van der Waals surface area (Å²) in [6.45, 7) is 0. The van der Waals surface area contributed by atoms with Gasteiger partial charge >= 0.3 is 0 Å². The molecule has 0 unspecified atom stereocenters. The number of pyridine rings is 1. The number of rotatable bonds is 3. The topological polar surface area (TPSA) is 46.4 Å². The maximum Gasteiger partial charge on any atom is 0.257 e. The molecule has 134 valence electrons. The molecule has 4 aromatic rings. The summed E-state index contributed by atoms with van der Waals surface area (Å²) in [6.07, 6.45) is 3.64. The van der Waals surface area contributed by atoms with Crippen molar-refractivity contribution in [3.05, 3.63) is 87.6 Å². The first-order valence-electron chi connectivity index (χ1n) is 8.01. The normalized spacial score (nSPS) is 10.9. The van der Waals surface area contributed by atoms with Crippen LogP contribution in [0, 0.1) is 0 Å². The first-order chi connectivity index (χ1) is 13.0. The molecule has 0 aliphatic carbocycles. The number of nitrogens with one attached hydrogen (secondary N) is 1. The van der Waals surface area contributed by atoms with E-state index >= 15 is 0 Å². The standard InChI is InChI=1S/C20H12Cl3N3O/c21-13-5-3-12(4-6-13)18-11-24-19-17(2-1-9-26(18)19)25-20(27)15-8-7-14(22)10-16(15)23/h1-11H,(H,25,27). The largest absolute Gasteiger partial charge is 0.319 e. The van der Waals surface area contributed by atoms with Crippen molar-refractivity contribution in [2.24, 2.45) is 0 Å². The summed E-state index contributed by atoms with van der Waals surface area (Å²) in [5.74, 6) is -0.333. The lowest BCUT2D eigenvalue weighted by Crippen LogP contribution is -2.13. The molecule has 4 nitrogen and oxygen atoms in total. The number of hydrogen-bond acceptors (Lipinski definition) is 2. The van der Waals surface area contributed by atoms with Crippen molar-refractivity contribution in [1.29, 1.82) is 0 Å². The fourth-order valence-corrected chi connectivity index (χ4v) is 3.43. The number of imidazole rings is 1. The quantitative estimate of drug-likeness (QED) is 0.431. The third-order valence-corrected chi connectivity index (χ3v) is 4.90. The predicted octanol–water partition coefficient (Wildman–Crippen LogP) is 6.21. The van der Waals surface area contributed by atoms with Crippen LogP contribution < -0.4 is 5.32 Å². The summed E-state index contributed by atoms with van der Waals surface area (Å²) in [5.41, 5.74) is 3.40. The van der Waals surface area contributed by atoms with Gasteiger partial charge in [-0.25, -0.2) is 4.98 Å². The average Bonchev–Trinajstić information content (AvgIpc) is 3.07. The SMILES string of the molecule is O=C(Nc1cccn2c(-c3ccc(Cl)cc3)cnc12)c1ccc(Cl)cc1Cl. The van der Waals surface area contributed by atoms with Gasteiger partial charge in [-0.05, 0) is 42.5 Å². The zero-order chi connectivity index (χ0) is 19.0. The minimum absolute atomic E-state index is 0.289. The Kier molecular flexibility index (Phi) is 4.79. The number of carbonyl (C=O) groups is 1. The number of hydrogen-bond donors (Lipinski definition) is 1. The highest BCUT2D eigenvalue weighted by Gasteiger charge is 2.14. The van der Waals surface area contributed by atoms with E-state index in [1.165, 1.54) is 6.07 Å². The van der Waals surface area contributed by atoms with E-state index in [0.29, 0.717) is 26.9 Å². The van der Waals surface area contributed by atoms with Gasteiger partial charge in [0.15, 0.2) is 5.65 Å². The molecule has 1 amide bonds. The van der Waals surface area contributed by atoms with Gasteiger partial charge in [-0.3, -0.25) is 9.20 Å². The summed E-state index contributed by atoms with van der Waals surface area (Å²) >= 11 is 18.0. The Balaban J connectivity index is 1.71. The van der Waals surface area contributed by atoms with Crippen LogP contribution >= 0.6 is 34.8 Å².